The Kier molecular flexibility index (Phi) is 3.74. The molecule has 1 aliphatic heterocycles. The Morgan fingerprint density at radius 1 is 1.41 bits per heavy atom. The zero-order chi connectivity index (χ0) is 12.3. The van der Waals surface area contributed by atoms with Crippen LogP contribution in [0.4, 0.5) is 5.82 Å². The molecule has 2 heterocycles. The van der Waals surface area contributed by atoms with Gasteiger partial charge in [0.1, 0.15) is 11.6 Å². The number of nitrogens with one attached hydrogen (secondary N) is 1. The first-order chi connectivity index (χ1) is 8.20. The molecule has 0 spiro atoms. The fourth-order valence-electron chi connectivity index (χ4n) is 2.16. The quantitative estimate of drug-likeness (QED) is 0.805. The normalized spacial score (nSPS) is 15.9. The van der Waals surface area contributed by atoms with Gasteiger partial charge in [0.15, 0.2) is 0 Å². The zero-order valence-electron chi connectivity index (χ0n) is 10.8. The van der Waals surface area contributed by atoms with E-state index in [1.807, 2.05) is 20.2 Å². The van der Waals surface area contributed by atoms with Gasteiger partial charge in [0, 0.05) is 31.4 Å². The molecule has 4 nitrogen and oxygen atoms in total. The molecule has 0 unspecified atom stereocenters. The minimum Gasteiger partial charge on any atom is -0.352 e. The molecule has 0 aliphatic carbocycles. The smallest absolute Gasteiger partial charge is 0.137 e. The second-order valence-corrected chi connectivity index (χ2v) is 4.56. The lowest BCUT2D eigenvalue weighted by Gasteiger charge is -2.29. The summed E-state index contributed by atoms with van der Waals surface area (Å²) in [6.45, 7) is 6.96. The molecule has 0 saturated carbocycles. The van der Waals surface area contributed by atoms with Gasteiger partial charge in [-0.3, -0.25) is 0 Å². The highest BCUT2D eigenvalue weighted by molar-refractivity contribution is 5.48. The number of aryl methyl sites for hydroxylation is 1. The lowest BCUT2D eigenvalue weighted by atomic mass is 10.1. The second kappa shape index (κ2) is 5.27. The SMILES string of the molecule is CNCc1cnc(C)nc1N1CCC=C(C)C1. The van der Waals surface area contributed by atoms with Crippen LogP contribution in [0.15, 0.2) is 17.8 Å². The summed E-state index contributed by atoms with van der Waals surface area (Å²) in [5, 5.41) is 3.17. The lowest BCUT2D eigenvalue weighted by Crippen LogP contribution is -2.31. The van der Waals surface area contributed by atoms with Crippen LogP contribution in [0.2, 0.25) is 0 Å². The fraction of sp³-hybridized carbons (Fsp3) is 0.538. The molecular formula is C13H20N4. The molecule has 1 N–H and O–H groups in total. The third kappa shape index (κ3) is 2.82. The summed E-state index contributed by atoms with van der Waals surface area (Å²) < 4.78 is 0. The molecule has 0 saturated heterocycles. The Balaban J connectivity index is 2.29. The molecule has 0 bridgehead atoms. The number of rotatable bonds is 3. The van der Waals surface area contributed by atoms with Gasteiger partial charge in [-0.05, 0) is 27.3 Å². The second-order valence-electron chi connectivity index (χ2n) is 4.56. The van der Waals surface area contributed by atoms with Crippen LogP contribution >= 0.6 is 0 Å². The number of hydrogen-bond donors (Lipinski definition) is 1. The highest BCUT2D eigenvalue weighted by Gasteiger charge is 2.16. The first kappa shape index (κ1) is 12.0. The van der Waals surface area contributed by atoms with Crippen LogP contribution in [-0.2, 0) is 6.54 Å². The number of anilines is 1. The summed E-state index contributed by atoms with van der Waals surface area (Å²) >= 11 is 0. The molecule has 1 aliphatic rings. The van der Waals surface area contributed by atoms with Gasteiger partial charge in [-0.25, -0.2) is 9.97 Å². The first-order valence-corrected chi connectivity index (χ1v) is 6.08. The Morgan fingerprint density at radius 3 is 2.94 bits per heavy atom. The largest absolute Gasteiger partial charge is 0.352 e. The molecule has 92 valence electrons. The van der Waals surface area contributed by atoms with Gasteiger partial charge in [0.2, 0.25) is 0 Å². The highest BCUT2D eigenvalue weighted by atomic mass is 15.2. The van der Waals surface area contributed by atoms with Crippen LogP contribution in [0.1, 0.15) is 24.7 Å². The first-order valence-electron chi connectivity index (χ1n) is 6.08. The average molecular weight is 232 g/mol. The van der Waals surface area contributed by atoms with Gasteiger partial charge >= 0.3 is 0 Å². The van der Waals surface area contributed by atoms with Gasteiger partial charge in [0.25, 0.3) is 0 Å². The maximum Gasteiger partial charge on any atom is 0.137 e. The van der Waals surface area contributed by atoms with E-state index >= 15 is 0 Å². The van der Waals surface area contributed by atoms with E-state index in [2.05, 4.69) is 33.2 Å². The van der Waals surface area contributed by atoms with E-state index in [1.165, 1.54) is 11.1 Å². The van der Waals surface area contributed by atoms with E-state index in [0.29, 0.717) is 0 Å². The Labute approximate surface area is 103 Å². The topological polar surface area (TPSA) is 41.1 Å². The third-order valence-corrected chi connectivity index (χ3v) is 2.96. The van der Waals surface area contributed by atoms with Crippen molar-refractivity contribution in [2.24, 2.45) is 0 Å². The van der Waals surface area contributed by atoms with Gasteiger partial charge in [0.05, 0.1) is 0 Å². The predicted molar refractivity (Wildman–Crippen MR) is 70.1 cm³/mol. The molecule has 1 aromatic heterocycles. The average Bonchev–Trinajstić information content (AvgIpc) is 2.32. The van der Waals surface area contributed by atoms with Crippen LogP contribution in [-0.4, -0.2) is 30.1 Å². The Bertz CT molecular complexity index is 425. The maximum absolute atomic E-state index is 4.60. The summed E-state index contributed by atoms with van der Waals surface area (Å²) in [5.41, 5.74) is 2.59. The van der Waals surface area contributed by atoms with E-state index in [9.17, 15) is 0 Å². The molecule has 0 atom stereocenters. The van der Waals surface area contributed by atoms with Crippen molar-refractivity contribution in [1.29, 1.82) is 0 Å². The van der Waals surface area contributed by atoms with Gasteiger partial charge < -0.3 is 10.2 Å². The summed E-state index contributed by atoms with van der Waals surface area (Å²) in [6, 6.07) is 0. The molecule has 4 heteroatoms. The highest BCUT2D eigenvalue weighted by Crippen LogP contribution is 2.21. The number of hydrogen-bond acceptors (Lipinski definition) is 4. The van der Waals surface area contributed by atoms with Crippen molar-refractivity contribution in [2.75, 3.05) is 25.0 Å². The molecule has 0 aromatic carbocycles. The van der Waals surface area contributed by atoms with Crippen molar-refractivity contribution < 1.29 is 0 Å². The third-order valence-electron chi connectivity index (χ3n) is 2.96. The standard InChI is InChI=1S/C13H20N4/c1-10-5-4-6-17(9-10)13-12(7-14-3)8-15-11(2)16-13/h5,8,14H,4,6-7,9H2,1-3H3. The molecule has 2 rings (SSSR count). The van der Waals surface area contributed by atoms with Gasteiger partial charge in [-0.2, -0.15) is 0 Å². The Hall–Kier alpha value is -1.42. The van der Waals surface area contributed by atoms with Crippen molar-refractivity contribution in [3.63, 3.8) is 0 Å². The minimum atomic E-state index is 0.814. The van der Waals surface area contributed by atoms with E-state index in [1.54, 1.807) is 0 Å². The van der Waals surface area contributed by atoms with Gasteiger partial charge in [-0.15, -0.1) is 0 Å². The number of aromatic nitrogens is 2. The van der Waals surface area contributed by atoms with Crippen LogP contribution in [0, 0.1) is 6.92 Å². The summed E-state index contributed by atoms with van der Waals surface area (Å²) in [7, 11) is 1.95. The monoisotopic (exact) mass is 232 g/mol. The molecular weight excluding hydrogens is 212 g/mol. The van der Waals surface area contributed by atoms with Crippen molar-refractivity contribution in [3.05, 3.63) is 29.2 Å². The summed E-state index contributed by atoms with van der Waals surface area (Å²) in [4.78, 5) is 11.2. The van der Waals surface area contributed by atoms with E-state index in [-0.39, 0.29) is 0 Å². The van der Waals surface area contributed by atoms with Crippen molar-refractivity contribution >= 4 is 5.82 Å². The Morgan fingerprint density at radius 2 is 2.24 bits per heavy atom. The van der Waals surface area contributed by atoms with Crippen molar-refractivity contribution in [2.45, 2.75) is 26.8 Å². The van der Waals surface area contributed by atoms with Crippen molar-refractivity contribution in [1.82, 2.24) is 15.3 Å². The van der Waals surface area contributed by atoms with Crippen molar-refractivity contribution in [3.8, 4) is 0 Å². The lowest BCUT2D eigenvalue weighted by molar-refractivity contribution is 0.742. The molecule has 0 radical (unpaired) electrons. The zero-order valence-corrected chi connectivity index (χ0v) is 10.8. The van der Waals surface area contributed by atoms with Crippen LogP contribution in [0.5, 0.6) is 0 Å². The predicted octanol–water partition coefficient (Wildman–Crippen LogP) is 1.66. The van der Waals surface area contributed by atoms with Crippen LogP contribution in [0.25, 0.3) is 0 Å². The van der Waals surface area contributed by atoms with Crippen LogP contribution in [0.3, 0.4) is 0 Å². The molecule has 17 heavy (non-hydrogen) atoms. The molecule has 0 amide bonds. The van der Waals surface area contributed by atoms with E-state index in [4.69, 9.17) is 0 Å². The minimum absolute atomic E-state index is 0.814. The fourth-order valence-corrected chi connectivity index (χ4v) is 2.16. The number of nitrogens with zero attached hydrogens (tertiary/aromatic N) is 3. The van der Waals surface area contributed by atoms with Crippen LogP contribution < -0.4 is 10.2 Å². The maximum atomic E-state index is 4.60. The molecule has 1 aromatic rings. The summed E-state index contributed by atoms with van der Waals surface area (Å²) in [6.07, 6.45) is 5.35. The van der Waals surface area contributed by atoms with Gasteiger partial charge in [-0.1, -0.05) is 11.6 Å². The van der Waals surface area contributed by atoms with E-state index in [0.717, 1.165) is 37.7 Å². The molecule has 0 fully saturated rings. The van der Waals surface area contributed by atoms with E-state index < -0.39 is 0 Å². The summed E-state index contributed by atoms with van der Waals surface area (Å²) in [5.74, 6) is 1.92.